The Bertz CT molecular complexity index is 579. The van der Waals surface area contributed by atoms with Crippen LogP contribution in [0, 0.1) is 11.3 Å². The van der Waals surface area contributed by atoms with Crippen LogP contribution in [-0.4, -0.2) is 0 Å². The molecule has 0 aliphatic carbocycles. The van der Waals surface area contributed by atoms with Crippen LogP contribution in [-0.2, 0) is 0 Å². The SMILES string of the molecule is N#C/C(=C/c1cccc(Br)c1)c1ccccc1. The molecule has 0 unspecified atom stereocenters. The Morgan fingerprint density at radius 2 is 1.82 bits per heavy atom. The Labute approximate surface area is 109 Å². The number of rotatable bonds is 2. The summed E-state index contributed by atoms with van der Waals surface area (Å²) in [5, 5.41) is 9.18. The first-order valence-electron chi connectivity index (χ1n) is 5.22. The van der Waals surface area contributed by atoms with Crippen molar-refractivity contribution in [2.75, 3.05) is 0 Å². The second kappa shape index (κ2) is 5.47. The number of hydrogen-bond donors (Lipinski definition) is 0. The van der Waals surface area contributed by atoms with Crippen LogP contribution in [0.3, 0.4) is 0 Å². The van der Waals surface area contributed by atoms with Gasteiger partial charge in [0.1, 0.15) is 0 Å². The summed E-state index contributed by atoms with van der Waals surface area (Å²) in [6, 6.07) is 19.8. The van der Waals surface area contributed by atoms with Gasteiger partial charge in [0.2, 0.25) is 0 Å². The number of hydrogen-bond acceptors (Lipinski definition) is 1. The maximum absolute atomic E-state index is 9.18. The van der Waals surface area contributed by atoms with Gasteiger partial charge >= 0.3 is 0 Å². The van der Waals surface area contributed by atoms with E-state index in [2.05, 4.69) is 22.0 Å². The van der Waals surface area contributed by atoms with E-state index in [0.717, 1.165) is 15.6 Å². The van der Waals surface area contributed by atoms with Crippen LogP contribution in [0.2, 0.25) is 0 Å². The average Bonchev–Trinajstić information content (AvgIpc) is 2.37. The zero-order valence-electron chi connectivity index (χ0n) is 9.10. The summed E-state index contributed by atoms with van der Waals surface area (Å²) < 4.78 is 1.01. The number of halogens is 1. The van der Waals surface area contributed by atoms with Gasteiger partial charge in [0.05, 0.1) is 11.6 Å². The van der Waals surface area contributed by atoms with Gasteiger partial charge in [0.15, 0.2) is 0 Å². The lowest BCUT2D eigenvalue weighted by atomic mass is 10.0. The van der Waals surface area contributed by atoms with Crippen molar-refractivity contribution in [1.29, 1.82) is 5.26 Å². The molecule has 0 saturated carbocycles. The highest BCUT2D eigenvalue weighted by molar-refractivity contribution is 9.10. The maximum atomic E-state index is 9.18. The molecule has 0 radical (unpaired) electrons. The minimum Gasteiger partial charge on any atom is -0.192 e. The fourth-order valence-electron chi connectivity index (χ4n) is 1.56. The molecule has 0 amide bonds. The molecule has 2 rings (SSSR count). The molecule has 2 heteroatoms. The molecule has 2 aromatic rings. The third kappa shape index (κ3) is 3.05. The summed E-state index contributed by atoms with van der Waals surface area (Å²) in [4.78, 5) is 0. The minimum atomic E-state index is 0.670. The summed E-state index contributed by atoms with van der Waals surface area (Å²) in [7, 11) is 0. The molecule has 0 fully saturated rings. The normalized spacial score (nSPS) is 10.9. The van der Waals surface area contributed by atoms with Gasteiger partial charge in [-0.15, -0.1) is 0 Å². The number of benzene rings is 2. The van der Waals surface area contributed by atoms with E-state index in [1.165, 1.54) is 0 Å². The van der Waals surface area contributed by atoms with E-state index in [9.17, 15) is 5.26 Å². The zero-order chi connectivity index (χ0) is 12.1. The molecule has 1 nitrogen and oxygen atoms in total. The van der Waals surface area contributed by atoms with Gasteiger partial charge in [-0.2, -0.15) is 5.26 Å². The molecule has 2 aromatic carbocycles. The summed E-state index contributed by atoms with van der Waals surface area (Å²) in [6.45, 7) is 0. The van der Waals surface area contributed by atoms with Crippen molar-refractivity contribution in [2.45, 2.75) is 0 Å². The topological polar surface area (TPSA) is 23.8 Å². The number of allylic oxidation sites excluding steroid dienone is 1. The Kier molecular flexibility index (Phi) is 3.74. The smallest absolute Gasteiger partial charge is 0.0998 e. The number of nitrogens with zero attached hydrogens (tertiary/aromatic N) is 1. The number of nitriles is 1. The van der Waals surface area contributed by atoms with Gasteiger partial charge in [-0.25, -0.2) is 0 Å². The van der Waals surface area contributed by atoms with Gasteiger partial charge < -0.3 is 0 Å². The lowest BCUT2D eigenvalue weighted by Gasteiger charge is -1.99. The van der Waals surface area contributed by atoms with Crippen molar-refractivity contribution < 1.29 is 0 Å². The lowest BCUT2D eigenvalue weighted by molar-refractivity contribution is 1.52. The molecule has 0 aliphatic rings. The van der Waals surface area contributed by atoms with Crippen LogP contribution in [0.1, 0.15) is 11.1 Å². The minimum absolute atomic E-state index is 0.670. The molecule has 82 valence electrons. The third-order valence-electron chi connectivity index (χ3n) is 2.36. The molecule has 0 spiro atoms. The van der Waals surface area contributed by atoms with E-state index in [1.807, 2.05) is 60.7 Å². The van der Waals surface area contributed by atoms with E-state index in [1.54, 1.807) is 0 Å². The van der Waals surface area contributed by atoms with Crippen LogP contribution in [0.5, 0.6) is 0 Å². The van der Waals surface area contributed by atoms with Crippen LogP contribution >= 0.6 is 15.9 Å². The Hall–Kier alpha value is -1.85. The molecule has 0 atom stereocenters. The second-order valence-electron chi connectivity index (χ2n) is 3.59. The van der Waals surface area contributed by atoms with Crippen molar-refractivity contribution in [3.05, 3.63) is 70.2 Å². The highest BCUT2D eigenvalue weighted by atomic mass is 79.9. The van der Waals surface area contributed by atoms with Gasteiger partial charge in [0.25, 0.3) is 0 Å². The molecule has 0 bridgehead atoms. The monoisotopic (exact) mass is 283 g/mol. The molecule has 0 N–H and O–H groups in total. The van der Waals surface area contributed by atoms with Crippen molar-refractivity contribution in [2.24, 2.45) is 0 Å². The Morgan fingerprint density at radius 1 is 1.06 bits per heavy atom. The van der Waals surface area contributed by atoms with Crippen molar-refractivity contribution in [3.63, 3.8) is 0 Å². The predicted molar refractivity (Wildman–Crippen MR) is 74.1 cm³/mol. The highest BCUT2D eigenvalue weighted by Gasteiger charge is 1.99. The van der Waals surface area contributed by atoms with Gasteiger partial charge in [-0.1, -0.05) is 58.4 Å². The summed E-state index contributed by atoms with van der Waals surface area (Å²) in [6.07, 6.45) is 1.89. The first-order valence-corrected chi connectivity index (χ1v) is 6.01. The molecular weight excluding hydrogens is 274 g/mol. The van der Waals surface area contributed by atoms with Crippen LogP contribution in [0.25, 0.3) is 11.6 Å². The summed E-state index contributed by atoms with van der Waals surface area (Å²) in [5.74, 6) is 0. The largest absolute Gasteiger partial charge is 0.192 e. The molecule has 17 heavy (non-hydrogen) atoms. The standard InChI is InChI=1S/C15H10BrN/c16-15-8-4-5-12(10-15)9-14(11-17)13-6-2-1-3-7-13/h1-10H/b14-9-. The fraction of sp³-hybridized carbons (Fsp3) is 0. The molecule has 0 aromatic heterocycles. The van der Waals surface area contributed by atoms with E-state index < -0.39 is 0 Å². The van der Waals surface area contributed by atoms with E-state index in [0.29, 0.717) is 5.57 Å². The first kappa shape index (κ1) is 11.6. The maximum Gasteiger partial charge on any atom is 0.0998 e. The van der Waals surface area contributed by atoms with Crippen molar-refractivity contribution in [3.8, 4) is 6.07 Å². The van der Waals surface area contributed by atoms with E-state index >= 15 is 0 Å². The van der Waals surface area contributed by atoms with Gasteiger partial charge in [-0.05, 0) is 29.3 Å². The second-order valence-corrected chi connectivity index (χ2v) is 4.51. The molecular formula is C15H10BrN. The molecule has 0 saturated heterocycles. The Morgan fingerprint density at radius 3 is 2.47 bits per heavy atom. The van der Waals surface area contributed by atoms with E-state index in [-0.39, 0.29) is 0 Å². The van der Waals surface area contributed by atoms with Crippen molar-refractivity contribution >= 4 is 27.6 Å². The summed E-state index contributed by atoms with van der Waals surface area (Å²) >= 11 is 3.42. The molecule has 0 aliphatic heterocycles. The zero-order valence-corrected chi connectivity index (χ0v) is 10.7. The Balaban J connectivity index is 2.41. The fourth-order valence-corrected chi connectivity index (χ4v) is 1.98. The lowest BCUT2D eigenvalue weighted by Crippen LogP contribution is -1.81. The van der Waals surface area contributed by atoms with Crippen LogP contribution in [0.4, 0.5) is 0 Å². The van der Waals surface area contributed by atoms with Crippen LogP contribution in [0.15, 0.2) is 59.1 Å². The van der Waals surface area contributed by atoms with Gasteiger partial charge in [-0.3, -0.25) is 0 Å². The highest BCUT2D eigenvalue weighted by Crippen LogP contribution is 2.19. The average molecular weight is 284 g/mol. The first-order chi connectivity index (χ1) is 8.29. The third-order valence-corrected chi connectivity index (χ3v) is 2.86. The predicted octanol–water partition coefficient (Wildman–Crippen LogP) is 4.51. The molecule has 0 heterocycles. The quantitative estimate of drug-likeness (QED) is 0.588. The van der Waals surface area contributed by atoms with E-state index in [4.69, 9.17) is 0 Å². The van der Waals surface area contributed by atoms with Crippen LogP contribution < -0.4 is 0 Å². The van der Waals surface area contributed by atoms with Gasteiger partial charge in [0, 0.05) is 4.47 Å². The summed E-state index contributed by atoms with van der Waals surface area (Å²) in [5.41, 5.74) is 2.62. The van der Waals surface area contributed by atoms with Crippen molar-refractivity contribution in [1.82, 2.24) is 0 Å².